The predicted octanol–water partition coefficient (Wildman–Crippen LogP) is 4.79. The molecular formula is C33H36F3N5O4. The smallest absolute Gasteiger partial charge is 0.379 e. The topological polar surface area (TPSA) is 95.9 Å². The molecule has 2 amide bonds. The molecule has 0 saturated carbocycles. The van der Waals surface area contributed by atoms with Crippen LogP contribution in [-0.2, 0) is 22.3 Å². The van der Waals surface area contributed by atoms with Crippen molar-refractivity contribution in [3.8, 4) is 0 Å². The molecule has 4 heterocycles. The molecule has 45 heavy (non-hydrogen) atoms. The Morgan fingerprint density at radius 3 is 2.53 bits per heavy atom. The van der Waals surface area contributed by atoms with Crippen LogP contribution in [0.4, 0.5) is 30.2 Å². The lowest BCUT2D eigenvalue weighted by Crippen LogP contribution is -2.47. The molecule has 0 unspecified atom stereocenters. The highest BCUT2D eigenvalue weighted by molar-refractivity contribution is 6.06. The molecule has 2 fully saturated rings. The minimum absolute atomic E-state index is 0.00295. The standard InChI is InChI=1S/C33H36F3N5O4/c34-33(35,36)25-4-1-5-26(18-25)37-32(44)23-9-10-29(27(17-23)38-30(42)7-3-11-39-12-14-45-15-13-39)40-19-22-16-24(21-40)28-6-2-8-31(43)41(28)20-22/h1-2,4-6,8-10,17-18,22,24H,3,7,11-16,19-21H2,(H,37,44)(H,38,42)/t22-,24+/m1/s1. The fourth-order valence-corrected chi connectivity index (χ4v) is 6.62. The number of carbonyl (C=O) groups is 2. The second-order valence-electron chi connectivity index (χ2n) is 12.0. The van der Waals surface area contributed by atoms with E-state index < -0.39 is 17.6 Å². The highest BCUT2D eigenvalue weighted by Crippen LogP contribution is 2.39. The molecule has 1 aromatic heterocycles. The van der Waals surface area contributed by atoms with Gasteiger partial charge in [-0.2, -0.15) is 13.2 Å². The molecule has 2 bridgehead atoms. The summed E-state index contributed by atoms with van der Waals surface area (Å²) in [7, 11) is 0. The molecule has 0 spiro atoms. The van der Waals surface area contributed by atoms with Crippen molar-refractivity contribution in [1.29, 1.82) is 0 Å². The maximum atomic E-state index is 13.2. The van der Waals surface area contributed by atoms with Crippen molar-refractivity contribution < 1.29 is 27.5 Å². The van der Waals surface area contributed by atoms with Crippen LogP contribution in [0.1, 0.15) is 46.8 Å². The summed E-state index contributed by atoms with van der Waals surface area (Å²) in [5.74, 6) is -0.411. The van der Waals surface area contributed by atoms with Gasteiger partial charge in [0, 0.05) is 68.1 Å². The fraction of sp³-hybridized carbons (Fsp3) is 0.424. The highest BCUT2D eigenvalue weighted by atomic mass is 19.4. The lowest BCUT2D eigenvalue weighted by Gasteiger charge is -2.44. The molecule has 6 rings (SSSR count). The van der Waals surface area contributed by atoms with E-state index in [0.29, 0.717) is 51.4 Å². The number of hydrogen-bond acceptors (Lipinski definition) is 6. The number of carbonyl (C=O) groups excluding carboxylic acids is 2. The average Bonchev–Trinajstić information content (AvgIpc) is 3.02. The van der Waals surface area contributed by atoms with E-state index >= 15 is 0 Å². The van der Waals surface area contributed by atoms with E-state index in [1.165, 1.54) is 12.1 Å². The van der Waals surface area contributed by atoms with Gasteiger partial charge in [0.25, 0.3) is 11.5 Å². The van der Waals surface area contributed by atoms with Gasteiger partial charge in [-0.15, -0.1) is 0 Å². The molecule has 3 aliphatic rings. The van der Waals surface area contributed by atoms with Gasteiger partial charge in [0.1, 0.15) is 0 Å². The first kappa shape index (κ1) is 30.8. The summed E-state index contributed by atoms with van der Waals surface area (Å²) >= 11 is 0. The van der Waals surface area contributed by atoms with Gasteiger partial charge >= 0.3 is 6.18 Å². The molecule has 9 nitrogen and oxygen atoms in total. The second-order valence-corrected chi connectivity index (χ2v) is 12.0. The lowest BCUT2D eigenvalue weighted by molar-refractivity contribution is -0.137. The number of nitrogens with one attached hydrogen (secondary N) is 2. The number of piperidine rings is 1. The molecule has 0 radical (unpaired) electrons. The van der Waals surface area contributed by atoms with Gasteiger partial charge < -0.3 is 24.8 Å². The van der Waals surface area contributed by atoms with Crippen molar-refractivity contribution in [2.24, 2.45) is 5.92 Å². The van der Waals surface area contributed by atoms with E-state index in [1.54, 1.807) is 30.3 Å². The van der Waals surface area contributed by atoms with Crippen molar-refractivity contribution in [1.82, 2.24) is 9.47 Å². The number of fused-ring (bicyclic) bond motifs is 4. The molecule has 12 heteroatoms. The Morgan fingerprint density at radius 2 is 1.73 bits per heavy atom. The quantitative estimate of drug-likeness (QED) is 0.375. The van der Waals surface area contributed by atoms with E-state index in [4.69, 9.17) is 4.74 Å². The van der Waals surface area contributed by atoms with E-state index in [1.807, 2.05) is 10.6 Å². The summed E-state index contributed by atoms with van der Waals surface area (Å²) in [5, 5.41) is 5.58. The molecule has 2 aromatic carbocycles. The number of ether oxygens (including phenoxy) is 1. The van der Waals surface area contributed by atoms with Crippen LogP contribution in [-0.4, -0.2) is 67.2 Å². The van der Waals surface area contributed by atoms with E-state index in [-0.39, 0.29) is 34.6 Å². The number of hydrogen-bond donors (Lipinski definition) is 2. The number of anilines is 3. The summed E-state index contributed by atoms with van der Waals surface area (Å²) in [6.07, 6.45) is -2.63. The molecule has 238 valence electrons. The fourth-order valence-electron chi connectivity index (χ4n) is 6.62. The minimum atomic E-state index is -4.54. The van der Waals surface area contributed by atoms with Gasteiger partial charge in [0.05, 0.1) is 30.2 Å². The van der Waals surface area contributed by atoms with Gasteiger partial charge in [0.2, 0.25) is 5.91 Å². The van der Waals surface area contributed by atoms with Gasteiger partial charge in [-0.1, -0.05) is 12.1 Å². The molecule has 0 aliphatic carbocycles. The third kappa shape index (κ3) is 7.23. The number of amides is 2. The maximum absolute atomic E-state index is 13.2. The molecule has 2 saturated heterocycles. The minimum Gasteiger partial charge on any atom is -0.379 e. The van der Waals surface area contributed by atoms with Crippen LogP contribution >= 0.6 is 0 Å². The van der Waals surface area contributed by atoms with Crippen LogP contribution in [0.25, 0.3) is 0 Å². The third-order valence-corrected chi connectivity index (χ3v) is 8.78. The van der Waals surface area contributed by atoms with Gasteiger partial charge in [-0.05, 0) is 67.8 Å². The predicted molar refractivity (Wildman–Crippen MR) is 165 cm³/mol. The van der Waals surface area contributed by atoms with Gasteiger partial charge in [-0.25, -0.2) is 0 Å². The number of alkyl halides is 3. The van der Waals surface area contributed by atoms with Crippen LogP contribution in [0.15, 0.2) is 65.5 Å². The largest absolute Gasteiger partial charge is 0.416 e. The first-order chi connectivity index (χ1) is 21.6. The first-order valence-corrected chi connectivity index (χ1v) is 15.3. The van der Waals surface area contributed by atoms with Crippen LogP contribution in [0, 0.1) is 5.92 Å². The molecule has 2 atom stereocenters. The number of morpholine rings is 1. The molecule has 2 N–H and O–H groups in total. The first-order valence-electron chi connectivity index (χ1n) is 15.3. The maximum Gasteiger partial charge on any atom is 0.416 e. The van der Waals surface area contributed by atoms with Crippen molar-refractivity contribution in [3.05, 3.63) is 87.8 Å². The second kappa shape index (κ2) is 13.1. The van der Waals surface area contributed by atoms with Crippen molar-refractivity contribution in [2.75, 3.05) is 61.5 Å². The summed E-state index contributed by atoms with van der Waals surface area (Å²) < 4.78 is 46.9. The third-order valence-electron chi connectivity index (χ3n) is 8.78. The van der Waals surface area contributed by atoms with Crippen molar-refractivity contribution in [2.45, 2.75) is 37.9 Å². The van der Waals surface area contributed by atoms with E-state index in [0.717, 1.165) is 49.6 Å². The molecule has 3 aliphatic heterocycles. The van der Waals surface area contributed by atoms with Crippen LogP contribution in [0.5, 0.6) is 0 Å². The zero-order valence-electron chi connectivity index (χ0n) is 24.8. The summed E-state index contributed by atoms with van der Waals surface area (Å²) in [4.78, 5) is 43.3. The highest BCUT2D eigenvalue weighted by Gasteiger charge is 2.35. The Labute approximate surface area is 259 Å². The van der Waals surface area contributed by atoms with Crippen LogP contribution in [0.3, 0.4) is 0 Å². The Balaban J connectivity index is 1.23. The number of pyridine rings is 1. The lowest BCUT2D eigenvalue weighted by atomic mass is 9.83. The van der Waals surface area contributed by atoms with Gasteiger partial charge in [-0.3, -0.25) is 19.3 Å². The van der Waals surface area contributed by atoms with E-state index in [9.17, 15) is 27.6 Å². The summed E-state index contributed by atoms with van der Waals surface area (Å²) in [6, 6.07) is 14.8. The zero-order valence-corrected chi connectivity index (χ0v) is 24.8. The Kier molecular flexibility index (Phi) is 8.95. The monoisotopic (exact) mass is 623 g/mol. The zero-order chi connectivity index (χ0) is 31.6. The number of nitrogens with zero attached hydrogens (tertiary/aromatic N) is 3. The number of rotatable bonds is 8. The summed E-state index contributed by atoms with van der Waals surface area (Å²) in [5.41, 5.74) is 1.58. The number of halogens is 3. The number of benzene rings is 2. The van der Waals surface area contributed by atoms with Crippen LogP contribution in [0.2, 0.25) is 0 Å². The Bertz CT molecular complexity index is 1620. The van der Waals surface area contributed by atoms with Gasteiger partial charge in [0.15, 0.2) is 0 Å². The van der Waals surface area contributed by atoms with Crippen LogP contribution < -0.4 is 21.1 Å². The average molecular weight is 624 g/mol. The molecular weight excluding hydrogens is 587 g/mol. The van der Waals surface area contributed by atoms with Crippen molar-refractivity contribution >= 4 is 28.9 Å². The Hall–Kier alpha value is -4.16. The molecule has 3 aromatic rings. The Morgan fingerprint density at radius 1 is 0.933 bits per heavy atom. The summed E-state index contributed by atoms with van der Waals surface area (Å²) in [6.45, 7) is 5.73. The SMILES string of the molecule is O=C(CCCN1CCOCC1)Nc1cc(C(=O)Nc2cccc(C(F)(F)F)c2)ccc1N1C[C@H]2C[C@@H](C1)c1cccc(=O)n1C2. The van der Waals surface area contributed by atoms with E-state index in [2.05, 4.69) is 20.4 Å². The van der Waals surface area contributed by atoms with Crippen molar-refractivity contribution in [3.63, 3.8) is 0 Å². The normalized spacial score (nSPS) is 19.9. The number of aromatic nitrogens is 1.